The van der Waals surface area contributed by atoms with Crippen molar-refractivity contribution in [3.63, 3.8) is 0 Å². The molecule has 0 aliphatic carbocycles. The molecule has 0 spiro atoms. The van der Waals surface area contributed by atoms with Gasteiger partial charge in [-0.3, -0.25) is 9.48 Å². The van der Waals surface area contributed by atoms with Crippen LogP contribution in [0.5, 0.6) is 0 Å². The van der Waals surface area contributed by atoms with E-state index in [1.54, 1.807) is 17.4 Å². The van der Waals surface area contributed by atoms with Gasteiger partial charge in [0.05, 0.1) is 15.9 Å². The maximum absolute atomic E-state index is 13.6. The largest absolute Gasteiger partial charge is 0.347 e. The lowest BCUT2D eigenvalue weighted by Gasteiger charge is -2.11. The molecule has 0 aliphatic heterocycles. The minimum Gasteiger partial charge on any atom is -0.347 e. The number of thiophene rings is 1. The first-order chi connectivity index (χ1) is 13.4. The average molecular weight is 396 g/mol. The number of nitrogens with zero attached hydrogens (tertiary/aromatic N) is 3. The van der Waals surface area contributed by atoms with Crippen LogP contribution in [-0.2, 0) is 20.1 Å². The van der Waals surface area contributed by atoms with Crippen molar-refractivity contribution in [2.75, 3.05) is 0 Å². The Morgan fingerprint density at radius 1 is 1.25 bits per heavy atom. The van der Waals surface area contributed by atoms with E-state index < -0.39 is 0 Å². The van der Waals surface area contributed by atoms with Gasteiger partial charge in [-0.1, -0.05) is 12.1 Å². The molecule has 4 aromatic rings. The number of aromatic nitrogens is 3. The molecule has 0 unspecified atom stereocenters. The molecule has 1 aromatic carbocycles. The highest BCUT2D eigenvalue weighted by Crippen LogP contribution is 2.26. The molecule has 144 valence electrons. The zero-order chi connectivity index (χ0) is 19.8. The smallest absolute Gasteiger partial charge is 0.268 e. The summed E-state index contributed by atoms with van der Waals surface area (Å²) >= 11 is 1.59. The number of aryl methyl sites for hydroxylation is 2. The van der Waals surface area contributed by atoms with Crippen LogP contribution in [-0.4, -0.2) is 20.3 Å². The number of halogens is 1. The molecule has 0 radical (unpaired) electrons. The number of hydrogen-bond donors (Lipinski definition) is 1. The highest BCUT2D eigenvalue weighted by Gasteiger charge is 2.18. The van der Waals surface area contributed by atoms with Gasteiger partial charge in [0.15, 0.2) is 0 Å². The van der Waals surface area contributed by atoms with Crippen LogP contribution in [0, 0.1) is 19.7 Å². The maximum atomic E-state index is 13.6. The molecule has 0 fully saturated rings. The van der Waals surface area contributed by atoms with E-state index >= 15 is 0 Å². The molecule has 3 heterocycles. The van der Waals surface area contributed by atoms with E-state index in [4.69, 9.17) is 0 Å². The molecule has 0 aliphatic rings. The molecule has 1 N–H and O–H groups in total. The Morgan fingerprint density at radius 2 is 2.07 bits per heavy atom. The summed E-state index contributed by atoms with van der Waals surface area (Å²) in [6.45, 7) is 4.79. The molecule has 0 saturated carbocycles. The standard InChI is InChI=1S/C21H21FN4OS/c1-13-17(14(2)25(3)24-13)11-23-21(27)19-10-20-18(7-8-28-20)26(19)12-15-5-4-6-16(22)9-15/h4-10H,11-12H2,1-3H3,(H,23,27). The molecule has 5 nitrogen and oxygen atoms in total. The number of benzene rings is 1. The highest BCUT2D eigenvalue weighted by atomic mass is 32.1. The summed E-state index contributed by atoms with van der Waals surface area (Å²) in [6.07, 6.45) is 0. The van der Waals surface area contributed by atoms with Crippen molar-refractivity contribution in [1.82, 2.24) is 19.7 Å². The second kappa shape index (κ2) is 7.24. The Bertz CT molecular complexity index is 1170. The van der Waals surface area contributed by atoms with E-state index in [1.165, 1.54) is 12.1 Å². The summed E-state index contributed by atoms with van der Waals surface area (Å²) in [4.78, 5) is 13.0. The van der Waals surface area contributed by atoms with Crippen molar-refractivity contribution in [2.45, 2.75) is 26.9 Å². The molecular weight excluding hydrogens is 375 g/mol. The van der Waals surface area contributed by atoms with Crippen LogP contribution in [0.1, 0.15) is 33.0 Å². The quantitative estimate of drug-likeness (QED) is 0.550. The Hall–Kier alpha value is -2.93. The predicted octanol–water partition coefficient (Wildman–Crippen LogP) is 4.17. The average Bonchev–Trinajstić information content (AvgIpc) is 3.30. The summed E-state index contributed by atoms with van der Waals surface area (Å²) in [5.74, 6) is -0.429. The van der Waals surface area contributed by atoms with Crippen molar-refractivity contribution in [3.05, 3.63) is 75.8 Å². The summed E-state index contributed by atoms with van der Waals surface area (Å²) < 4.78 is 18.4. The molecule has 1 amide bonds. The zero-order valence-electron chi connectivity index (χ0n) is 16.0. The summed E-state index contributed by atoms with van der Waals surface area (Å²) in [5.41, 5.74) is 5.35. The van der Waals surface area contributed by atoms with Crippen LogP contribution in [0.3, 0.4) is 0 Å². The number of fused-ring (bicyclic) bond motifs is 1. The van der Waals surface area contributed by atoms with Gasteiger partial charge in [-0.05, 0) is 49.1 Å². The fourth-order valence-corrected chi connectivity index (χ4v) is 4.31. The Morgan fingerprint density at radius 3 is 2.79 bits per heavy atom. The van der Waals surface area contributed by atoms with Gasteiger partial charge < -0.3 is 9.88 Å². The second-order valence-electron chi connectivity index (χ2n) is 6.87. The minimum atomic E-state index is -0.278. The first-order valence-corrected chi connectivity index (χ1v) is 9.90. The van der Waals surface area contributed by atoms with Gasteiger partial charge in [-0.2, -0.15) is 5.10 Å². The van der Waals surface area contributed by atoms with E-state index in [-0.39, 0.29) is 11.7 Å². The summed E-state index contributed by atoms with van der Waals surface area (Å²) in [7, 11) is 1.89. The summed E-state index contributed by atoms with van der Waals surface area (Å²) in [5, 5.41) is 9.41. The van der Waals surface area contributed by atoms with Crippen molar-refractivity contribution in [3.8, 4) is 0 Å². The van der Waals surface area contributed by atoms with Gasteiger partial charge in [-0.15, -0.1) is 11.3 Å². The third kappa shape index (κ3) is 3.33. The number of carbonyl (C=O) groups excluding carboxylic acids is 1. The monoisotopic (exact) mass is 396 g/mol. The fourth-order valence-electron chi connectivity index (χ4n) is 3.49. The Labute approximate surface area is 166 Å². The number of amides is 1. The lowest BCUT2D eigenvalue weighted by molar-refractivity contribution is 0.0942. The maximum Gasteiger partial charge on any atom is 0.268 e. The fraction of sp³-hybridized carbons (Fsp3) is 0.238. The summed E-state index contributed by atoms with van der Waals surface area (Å²) in [6, 6.07) is 10.4. The van der Waals surface area contributed by atoms with Crippen molar-refractivity contribution >= 4 is 27.5 Å². The molecule has 0 bridgehead atoms. The van der Waals surface area contributed by atoms with Gasteiger partial charge in [-0.25, -0.2) is 4.39 Å². The number of nitrogens with one attached hydrogen (secondary N) is 1. The van der Waals surface area contributed by atoms with Crippen LogP contribution in [0.25, 0.3) is 10.2 Å². The van der Waals surface area contributed by atoms with E-state index in [9.17, 15) is 9.18 Å². The van der Waals surface area contributed by atoms with E-state index in [1.807, 2.05) is 53.7 Å². The normalized spacial score (nSPS) is 11.3. The lowest BCUT2D eigenvalue weighted by atomic mass is 10.2. The van der Waals surface area contributed by atoms with Gasteiger partial charge in [0.1, 0.15) is 11.5 Å². The minimum absolute atomic E-state index is 0.151. The van der Waals surface area contributed by atoms with Crippen LogP contribution in [0.4, 0.5) is 4.39 Å². The van der Waals surface area contributed by atoms with Gasteiger partial charge >= 0.3 is 0 Å². The molecule has 4 rings (SSSR count). The van der Waals surface area contributed by atoms with Crippen LogP contribution in [0.2, 0.25) is 0 Å². The second-order valence-corrected chi connectivity index (χ2v) is 7.82. The number of carbonyl (C=O) groups is 1. The first kappa shape index (κ1) is 18.4. The van der Waals surface area contributed by atoms with Gasteiger partial charge in [0, 0.05) is 31.4 Å². The molecule has 0 atom stereocenters. The third-order valence-electron chi connectivity index (χ3n) is 5.07. The van der Waals surface area contributed by atoms with E-state index in [2.05, 4.69) is 10.4 Å². The highest BCUT2D eigenvalue weighted by molar-refractivity contribution is 7.17. The molecule has 7 heteroatoms. The van der Waals surface area contributed by atoms with Gasteiger partial charge in [0.2, 0.25) is 0 Å². The number of rotatable bonds is 5. The predicted molar refractivity (Wildman–Crippen MR) is 109 cm³/mol. The molecular formula is C21H21FN4OS. The van der Waals surface area contributed by atoms with E-state index in [0.717, 1.165) is 32.7 Å². The van der Waals surface area contributed by atoms with Crippen molar-refractivity contribution in [2.24, 2.45) is 7.05 Å². The number of hydrogen-bond acceptors (Lipinski definition) is 3. The van der Waals surface area contributed by atoms with Gasteiger partial charge in [0.25, 0.3) is 5.91 Å². The van der Waals surface area contributed by atoms with Crippen molar-refractivity contribution < 1.29 is 9.18 Å². The first-order valence-electron chi connectivity index (χ1n) is 9.02. The third-order valence-corrected chi connectivity index (χ3v) is 5.92. The molecule has 0 saturated heterocycles. The topological polar surface area (TPSA) is 51.9 Å². The van der Waals surface area contributed by atoms with Crippen LogP contribution < -0.4 is 5.32 Å². The zero-order valence-corrected chi connectivity index (χ0v) is 16.8. The molecule has 28 heavy (non-hydrogen) atoms. The van der Waals surface area contributed by atoms with Crippen LogP contribution in [0.15, 0.2) is 41.8 Å². The van der Waals surface area contributed by atoms with E-state index in [0.29, 0.717) is 18.8 Å². The molecule has 3 aromatic heterocycles. The Balaban J connectivity index is 1.62. The lowest BCUT2D eigenvalue weighted by Crippen LogP contribution is -2.26. The van der Waals surface area contributed by atoms with Crippen molar-refractivity contribution in [1.29, 1.82) is 0 Å². The Kier molecular flexibility index (Phi) is 4.77. The SMILES string of the molecule is Cc1nn(C)c(C)c1CNC(=O)c1cc2sccc2n1Cc1cccc(F)c1. The van der Waals surface area contributed by atoms with Crippen LogP contribution >= 0.6 is 11.3 Å².